The molecule has 0 aliphatic carbocycles. The van der Waals surface area contributed by atoms with Crippen molar-refractivity contribution in [1.29, 1.82) is 0 Å². The van der Waals surface area contributed by atoms with E-state index in [1.54, 1.807) is 0 Å². The van der Waals surface area contributed by atoms with Crippen LogP contribution < -0.4 is 15.4 Å². The van der Waals surface area contributed by atoms with Crippen molar-refractivity contribution in [2.24, 2.45) is 10.4 Å². The van der Waals surface area contributed by atoms with Gasteiger partial charge in [-0.3, -0.25) is 9.79 Å². The molecule has 1 aromatic rings. The van der Waals surface area contributed by atoms with Crippen molar-refractivity contribution < 1.29 is 9.53 Å². The Balaban J connectivity index is 1.88. The molecule has 1 aliphatic heterocycles. The van der Waals surface area contributed by atoms with Gasteiger partial charge < -0.3 is 20.3 Å². The Hall–Kier alpha value is -2.24. The monoisotopic (exact) mass is 346 g/mol. The van der Waals surface area contributed by atoms with Crippen LogP contribution >= 0.6 is 0 Å². The minimum absolute atomic E-state index is 0.0370. The first-order valence-corrected chi connectivity index (χ1v) is 8.87. The van der Waals surface area contributed by atoms with E-state index in [0.29, 0.717) is 24.3 Å². The minimum atomic E-state index is -0.108. The SMILES string of the molecule is CCNC(=O)COc1cccc(CNC(=NC)N2CCC(C)(C)C2)c1. The molecule has 6 nitrogen and oxygen atoms in total. The van der Waals surface area contributed by atoms with Gasteiger partial charge >= 0.3 is 0 Å². The molecular formula is C19H30N4O2. The van der Waals surface area contributed by atoms with Crippen molar-refractivity contribution in [2.75, 3.05) is 33.3 Å². The second kappa shape index (κ2) is 8.74. The molecule has 0 unspecified atom stereocenters. The third-order valence-electron chi connectivity index (χ3n) is 4.28. The highest BCUT2D eigenvalue weighted by molar-refractivity contribution is 5.80. The highest BCUT2D eigenvalue weighted by Gasteiger charge is 2.30. The summed E-state index contributed by atoms with van der Waals surface area (Å²) in [5.74, 6) is 1.52. The minimum Gasteiger partial charge on any atom is -0.484 e. The fourth-order valence-corrected chi connectivity index (χ4v) is 2.95. The number of carbonyl (C=O) groups excluding carboxylic acids is 1. The molecule has 1 aliphatic rings. The number of rotatable bonds is 6. The lowest BCUT2D eigenvalue weighted by atomic mass is 9.93. The van der Waals surface area contributed by atoms with Crippen LogP contribution in [0.4, 0.5) is 0 Å². The van der Waals surface area contributed by atoms with E-state index in [2.05, 4.69) is 34.4 Å². The van der Waals surface area contributed by atoms with E-state index in [9.17, 15) is 4.79 Å². The third kappa shape index (κ3) is 5.96. The van der Waals surface area contributed by atoms with Crippen LogP contribution in [0.1, 0.15) is 32.8 Å². The van der Waals surface area contributed by atoms with Gasteiger partial charge in [-0.25, -0.2) is 0 Å². The van der Waals surface area contributed by atoms with Crippen LogP contribution in [0.25, 0.3) is 0 Å². The number of amides is 1. The first kappa shape index (κ1) is 19.1. The first-order chi connectivity index (χ1) is 11.9. The van der Waals surface area contributed by atoms with Gasteiger partial charge in [0.2, 0.25) is 0 Å². The van der Waals surface area contributed by atoms with E-state index in [1.165, 1.54) is 6.42 Å². The van der Waals surface area contributed by atoms with Gasteiger partial charge in [-0.15, -0.1) is 0 Å². The Morgan fingerprint density at radius 2 is 2.16 bits per heavy atom. The van der Waals surface area contributed by atoms with Crippen LogP contribution in [-0.4, -0.2) is 50.1 Å². The van der Waals surface area contributed by atoms with E-state index < -0.39 is 0 Å². The van der Waals surface area contributed by atoms with Crippen molar-refractivity contribution in [3.8, 4) is 5.75 Å². The number of guanidine groups is 1. The molecule has 1 heterocycles. The normalized spacial score (nSPS) is 16.6. The second-order valence-corrected chi connectivity index (χ2v) is 7.13. The Morgan fingerprint density at radius 3 is 2.80 bits per heavy atom. The summed E-state index contributed by atoms with van der Waals surface area (Å²) in [6.45, 7) is 9.82. The summed E-state index contributed by atoms with van der Waals surface area (Å²) in [6, 6.07) is 7.78. The number of aliphatic imine (C=N–C) groups is 1. The van der Waals surface area contributed by atoms with E-state index in [1.807, 2.05) is 38.2 Å². The zero-order chi connectivity index (χ0) is 18.3. The average molecular weight is 346 g/mol. The van der Waals surface area contributed by atoms with Crippen LogP contribution in [0, 0.1) is 5.41 Å². The number of ether oxygens (including phenoxy) is 1. The maximum atomic E-state index is 11.5. The van der Waals surface area contributed by atoms with Gasteiger partial charge in [-0.2, -0.15) is 0 Å². The van der Waals surface area contributed by atoms with Crippen LogP contribution in [0.3, 0.4) is 0 Å². The average Bonchev–Trinajstić information content (AvgIpc) is 2.94. The van der Waals surface area contributed by atoms with Crippen LogP contribution in [0.5, 0.6) is 5.75 Å². The third-order valence-corrected chi connectivity index (χ3v) is 4.28. The van der Waals surface area contributed by atoms with Gasteiger partial charge in [-0.05, 0) is 36.5 Å². The van der Waals surface area contributed by atoms with E-state index in [0.717, 1.165) is 24.6 Å². The number of carbonyl (C=O) groups is 1. The first-order valence-electron chi connectivity index (χ1n) is 8.87. The number of hydrogen-bond donors (Lipinski definition) is 2. The maximum Gasteiger partial charge on any atom is 0.257 e. The molecule has 0 bridgehead atoms. The number of likely N-dealkylation sites (N-methyl/N-ethyl adjacent to an activating group) is 1. The van der Waals surface area contributed by atoms with Gasteiger partial charge in [0, 0.05) is 33.2 Å². The van der Waals surface area contributed by atoms with E-state index >= 15 is 0 Å². The van der Waals surface area contributed by atoms with Crippen LogP contribution in [0.15, 0.2) is 29.3 Å². The lowest BCUT2D eigenvalue weighted by Gasteiger charge is -2.23. The van der Waals surface area contributed by atoms with Crippen molar-refractivity contribution in [1.82, 2.24) is 15.5 Å². The van der Waals surface area contributed by atoms with Crippen molar-refractivity contribution >= 4 is 11.9 Å². The fourth-order valence-electron chi connectivity index (χ4n) is 2.95. The Bertz CT molecular complexity index is 613. The van der Waals surface area contributed by atoms with Crippen molar-refractivity contribution in [2.45, 2.75) is 33.7 Å². The lowest BCUT2D eigenvalue weighted by molar-refractivity contribution is -0.122. The molecule has 138 valence electrons. The Kier molecular flexibility index (Phi) is 6.67. The summed E-state index contributed by atoms with van der Waals surface area (Å²) in [7, 11) is 1.82. The quantitative estimate of drug-likeness (QED) is 0.611. The molecule has 2 rings (SSSR count). The predicted molar refractivity (Wildman–Crippen MR) is 101 cm³/mol. The summed E-state index contributed by atoms with van der Waals surface area (Å²) >= 11 is 0. The molecule has 6 heteroatoms. The van der Waals surface area contributed by atoms with Crippen LogP contribution in [0.2, 0.25) is 0 Å². The summed E-state index contributed by atoms with van der Waals surface area (Å²) < 4.78 is 5.54. The van der Waals surface area contributed by atoms with E-state index in [-0.39, 0.29) is 12.5 Å². The molecule has 2 N–H and O–H groups in total. The summed E-state index contributed by atoms with van der Waals surface area (Å²) in [5.41, 5.74) is 1.43. The summed E-state index contributed by atoms with van der Waals surface area (Å²) in [6.07, 6.45) is 1.18. The number of hydrogen-bond acceptors (Lipinski definition) is 3. The van der Waals surface area contributed by atoms with Gasteiger partial charge in [0.05, 0.1) is 0 Å². The Morgan fingerprint density at radius 1 is 1.36 bits per heavy atom. The zero-order valence-electron chi connectivity index (χ0n) is 15.8. The smallest absolute Gasteiger partial charge is 0.257 e. The molecule has 0 aromatic heterocycles. The topological polar surface area (TPSA) is 66.0 Å². The predicted octanol–water partition coefficient (Wildman–Crippen LogP) is 2.01. The van der Waals surface area contributed by atoms with E-state index in [4.69, 9.17) is 4.74 Å². The Labute approximate surface area is 150 Å². The number of likely N-dealkylation sites (tertiary alicyclic amines) is 1. The number of nitrogens with zero attached hydrogens (tertiary/aromatic N) is 2. The van der Waals surface area contributed by atoms with Crippen LogP contribution in [-0.2, 0) is 11.3 Å². The van der Waals surface area contributed by atoms with Crippen molar-refractivity contribution in [3.05, 3.63) is 29.8 Å². The highest BCUT2D eigenvalue weighted by Crippen LogP contribution is 2.28. The summed E-state index contributed by atoms with van der Waals surface area (Å²) in [4.78, 5) is 18.2. The van der Waals surface area contributed by atoms with Crippen molar-refractivity contribution in [3.63, 3.8) is 0 Å². The molecule has 1 aromatic carbocycles. The maximum absolute atomic E-state index is 11.5. The summed E-state index contributed by atoms with van der Waals surface area (Å²) in [5, 5.41) is 6.14. The standard InChI is InChI=1S/C19H30N4O2/c1-5-21-17(24)13-25-16-8-6-7-15(11-16)12-22-18(20-4)23-10-9-19(2,3)14-23/h6-8,11H,5,9-10,12-14H2,1-4H3,(H,20,22)(H,21,24). The molecule has 0 spiro atoms. The van der Waals surface area contributed by atoms with Gasteiger partial charge in [-0.1, -0.05) is 26.0 Å². The molecular weight excluding hydrogens is 316 g/mol. The molecule has 1 fully saturated rings. The van der Waals surface area contributed by atoms with Gasteiger partial charge in [0.15, 0.2) is 12.6 Å². The van der Waals surface area contributed by atoms with Gasteiger partial charge in [0.25, 0.3) is 5.91 Å². The second-order valence-electron chi connectivity index (χ2n) is 7.13. The number of benzene rings is 1. The highest BCUT2D eigenvalue weighted by atomic mass is 16.5. The lowest BCUT2D eigenvalue weighted by Crippen LogP contribution is -2.40. The molecule has 1 saturated heterocycles. The van der Waals surface area contributed by atoms with Gasteiger partial charge in [0.1, 0.15) is 5.75 Å². The molecule has 0 radical (unpaired) electrons. The molecule has 0 saturated carbocycles. The number of nitrogens with one attached hydrogen (secondary N) is 2. The molecule has 1 amide bonds. The largest absolute Gasteiger partial charge is 0.484 e. The molecule has 0 atom stereocenters. The molecule has 25 heavy (non-hydrogen) atoms. The zero-order valence-corrected chi connectivity index (χ0v) is 15.8. The fraction of sp³-hybridized carbons (Fsp3) is 0.579.